The molecule has 0 aliphatic rings. The van der Waals surface area contributed by atoms with Crippen LogP contribution in [-0.2, 0) is 4.79 Å². The second kappa shape index (κ2) is 4.57. The lowest BCUT2D eigenvalue weighted by atomic mass is 10.2. The summed E-state index contributed by atoms with van der Waals surface area (Å²) < 4.78 is 0.974. The monoisotopic (exact) mass is 274 g/mol. The van der Waals surface area contributed by atoms with Crippen molar-refractivity contribution in [3.05, 3.63) is 22.7 Å². The Morgan fingerprint density at radius 1 is 1.56 bits per heavy atom. The van der Waals surface area contributed by atoms with E-state index < -0.39 is 5.38 Å². The summed E-state index contributed by atoms with van der Waals surface area (Å²) in [6.07, 6.45) is 0. The Morgan fingerprint density at radius 3 is 3.00 bits per heavy atom. The first kappa shape index (κ1) is 11.6. The SMILES string of the molecule is CC(Cl)C(=O)Nc1c(Cl)ccc2scnc12. The van der Waals surface area contributed by atoms with Crippen LogP contribution in [0.3, 0.4) is 0 Å². The third kappa shape index (κ3) is 2.14. The van der Waals surface area contributed by atoms with Crippen molar-refractivity contribution in [1.82, 2.24) is 4.98 Å². The van der Waals surface area contributed by atoms with Gasteiger partial charge in [0.1, 0.15) is 10.9 Å². The van der Waals surface area contributed by atoms with E-state index in [1.807, 2.05) is 6.07 Å². The molecule has 0 spiro atoms. The van der Waals surface area contributed by atoms with E-state index in [0.717, 1.165) is 4.70 Å². The highest BCUT2D eigenvalue weighted by molar-refractivity contribution is 7.16. The molecule has 0 fully saturated rings. The van der Waals surface area contributed by atoms with Crippen molar-refractivity contribution >= 4 is 56.3 Å². The molecule has 1 heterocycles. The highest BCUT2D eigenvalue weighted by Crippen LogP contribution is 2.32. The van der Waals surface area contributed by atoms with Gasteiger partial charge in [0, 0.05) is 0 Å². The molecule has 6 heteroatoms. The minimum atomic E-state index is -0.607. The lowest BCUT2D eigenvalue weighted by Crippen LogP contribution is -2.20. The number of carbonyl (C=O) groups excluding carboxylic acids is 1. The molecule has 1 N–H and O–H groups in total. The predicted octanol–water partition coefficient (Wildman–Crippen LogP) is 3.52. The molecule has 1 amide bonds. The summed E-state index contributed by atoms with van der Waals surface area (Å²) in [5.41, 5.74) is 2.93. The summed E-state index contributed by atoms with van der Waals surface area (Å²) in [7, 11) is 0. The third-order valence-corrected chi connectivity index (χ3v) is 3.37. The van der Waals surface area contributed by atoms with Crippen molar-refractivity contribution in [2.45, 2.75) is 12.3 Å². The summed E-state index contributed by atoms with van der Waals surface area (Å²) in [6, 6.07) is 3.60. The number of nitrogens with one attached hydrogen (secondary N) is 1. The molecule has 0 saturated heterocycles. The first-order chi connectivity index (χ1) is 7.59. The van der Waals surface area contributed by atoms with Crippen LogP contribution >= 0.6 is 34.5 Å². The number of nitrogens with zero attached hydrogens (tertiary/aromatic N) is 1. The molecule has 1 aromatic carbocycles. The van der Waals surface area contributed by atoms with Gasteiger partial charge in [0.15, 0.2) is 0 Å². The van der Waals surface area contributed by atoms with Gasteiger partial charge in [0.2, 0.25) is 5.91 Å². The van der Waals surface area contributed by atoms with Gasteiger partial charge in [-0.1, -0.05) is 11.6 Å². The molecule has 0 bridgehead atoms. The summed E-state index contributed by atoms with van der Waals surface area (Å²) in [4.78, 5) is 15.7. The minimum absolute atomic E-state index is 0.288. The Morgan fingerprint density at radius 2 is 2.31 bits per heavy atom. The molecule has 2 aromatic rings. The average molecular weight is 275 g/mol. The van der Waals surface area contributed by atoms with Crippen LogP contribution in [0.5, 0.6) is 0 Å². The number of carbonyl (C=O) groups is 1. The van der Waals surface area contributed by atoms with Crippen molar-refractivity contribution in [1.29, 1.82) is 0 Å². The standard InChI is InChI=1S/C10H8Cl2N2OS/c1-5(11)10(15)14-8-6(12)2-3-7-9(8)13-4-16-7/h2-5H,1H3,(H,14,15). The van der Waals surface area contributed by atoms with Crippen LogP contribution in [0.1, 0.15) is 6.92 Å². The summed E-state index contributed by atoms with van der Waals surface area (Å²) in [5, 5.41) is 2.54. The lowest BCUT2D eigenvalue weighted by Gasteiger charge is -2.08. The van der Waals surface area contributed by atoms with Gasteiger partial charge in [-0.3, -0.25) is 4.79 Å². The van der Waals surface area contributed by atoms with Gasteiger partial charge in [0.25, 0.3) is 0 Å². The number of anilines is 1. The Kier molecular flexibility index (Phi) is 3.33. The summed E-state index contributed by atoms with van der Waals surface area (Å²) >= 11 is 13.2. The molecule has 16 heavy (non-hydrogen) atoms. The molecule has 0 aliphatic heterocycles. The molecule has 1 atom stereocenters. The van der Waals surface area contributed by atoms with Crippen LogP contribution in [-0.4, -0.2) is 16.3 Å². The number of fused-ring (bicyclic) bond motifs is 1. The van der Waals surface area contributed by atoms with E-state index in [0.29, 0.717) is 16.2 Å². The van der Waals surface area contributed by atoms with Gasteiger partial charge in [-0.05, 0) is 19.1 Å². The van der Waals surface area contributed by atoms with E-state index in [-0.39, 0.29) is 5.91 Å². The molecule has 0 saturated carbocycles. The summed E-state index contributed by atoms with van der Waals surface area (Å²) in [5.74, 6) is -0.288. The zero-order valence-corrected chi connectivity index (χ0v) is 10.7. The topological polar surface area (TPSA) is 42.0 Å². The van der Waals surface area contributed by atoms with Crippen molar-refractivity contribution in [3.8, 4) is 0 Å². The van der Waals surface area contributed by atoms with Crippen molar-refractivity contribution in [2.24, 2.45) is 0 Å². The quantitative estimate of drug-likeness (QED) is 0.852. The molecule has 1 aromatic heterocycles. The number of thiazole rings is 1. The number of amides is 1. The van der Waals surface area contributed by atoms with Crippen LogP contribution < -0.4 is 5.32 Å². The van der Waals surface area contributed by atoms with E-state index in [4.69, 9.17) is 23.2 Å². The van der Waals surface area contributed by atoms with Crippen molar-refractivity contribution in [2.75, 3.05) is 5.32 Å². The number of aromatic nitrogens is 1. The smallest absolute Gasteiger partial charge is 0.242 e. The average Bonchev–Trinajstić information content (AvgIpc) is 2.70. The molecule has 1 unspecified atom stereocenters. The van der Waals surface area contributed by atoms with Crippen molar-refractivity contribution in [3.63, 3.8) is 0 Å². The van der Waals surface area contributed by atoms with Gasteiger partial charge in [0.05, 0.1) is 20.9 Å². The van der Waals surface area contributed by atoms with Gasteiger partial charge in [-0.2, -0.15) is 0 Å². The molecular weight excluding hydrogens is 267 g/mol. The fourth-order valence-electron chi connectivity index (χ4n) is 1.25. The maximum atomic E-state index is 11.5. The zero-order chi connectivity index (χ0) is 11.7. The van der Waals surface area contributed by atoms with Crippen LogP contribution in [0.15, 0.2) is 17.6 Å². The molecular formula is C10H8Cl2N2OS. The fraction of sp³-hybridized carbons (Fsp3) is 0.200. The highest BCUT2D eigenvalue weighted by atomic mass is 35.5. The number of halogens is 2. The Bertz CT molecular complexity index is 539. The second-order valence-electron chi connectivity index (χ2n) is 3.23. The minimum Gasteiger partial charge on any atom is -0.322 e. The van der Waals surface area contributed by atoms with Gasteiger partial charge >= 0.3 is 0 Å². The number of hydrogen-bond donors (Lipinski definition) is 1. The second-order valence-corrected chi connectivity index (χ2v) is 5.17. The number of hydrogen-bond acceptors (Lipinski definition) is 3. The highest BCUT2D eigenvalue weighted by Gasteiger charge is 2.14. The Balaban J connectivity index is 2.46. The van der Waals surface area contributed by atoms with E-state index >= 15 is 0 Å². The molecule has 2 rings (SSSR count). The van der Waals surface area contributed by atoms with Crippen LogP contribution in [0.25, 0.3) is 10.2 Å². The van der Waals surface area contributed by atoms with Gasteiger partial charge < -0.3 is 5.32 Å². The fourth-order valence-corrected chi connectivity index (χ4v) is 2.19. The van der Waals surface area contributed by atoms with Crippen LogP contribution in [0.4, 0.5) is 5.69 Å². The number of alkyl halides is 1. The molecule has 0 aliphatic carbocycles. The lowest BCUT2D eigenvalue weighted by molar-refractivity contribution is -0.115. The maximum absolute atomic E-state index is 11.5. The van der Waals surface area contributed by atoms with Crippen LogP contribution in [0, 0.1) is 0 Å². The van der Waals surface area contributed by atoms with E-state index in [9.17, 15) is 4.79 Å². The molecule has 0 radical (unpaired) electrons. The first-order valence-electron chi connectivity index (χ1n) is 4.56. The third-order valence-electron chi connectivity index (χ3n) is 2.06. The first-order valence-corrected chi connectivity index (χ1v) is 6.25. The predicted molar refractivity (Wildman–Crippen MR) is 68.6 cm³/mol. The zero-order valence-electron chi connectivity index (χ0n) is 8.33. The molecule has 84 valence electrons. The Labute approximate surface area is 106 Å². The van der Waals surface area contributed by atoms with E-state index in [1.165, 1.54) is 11.3 Å². The normalized spacial score (nSPS) is 12.7. The van der Waals surface area contributed by atoms with Gasteiger partial charge in [-0.25, -0.2) is 4.98 Å². The van der Waals surface area contributed by atoms with Crippen LogP contribution in [0.2, 0.25) is 5.02 Å². The number of benzene rings is 1. The molecule has 3 nitrogen and oxygen atoms in total. The van der Waals surface area contributed by atoms with Crippen molar-refractivity contribution < 1.29 is 4.79 Å². The maximum Gasteiger partial charge on any atom is 0.242 e. The Hall–Kier alpha value is -0.840. The van der Waals surface area contributed by atoms with Gasteiger partial charge in [-0.15, -0.1) is 22.9 Å². The largest absolute Gasteiger partial charge is 0.322 e. The van der Waals surface area contributed by atoms with E-state index in [2.05, 4.69) is 10.3 Å². The summed E-state index contributed by atoms with van der Waals surface area (Å²) in [6.45, 7) is 1.60. The van der Waals surface area contributed by atoms with E-state index in [1.54, 1.807) is 18.5 Å². The number of rotatable bonds is 2.